The zero-order chi connectivity index (χ0) is 29.0. The summed E-state index contributed by atoms with van der Waals surface area (Å²) in [6.07, 6.45) is 3.96. The van der Waals surface area contributed by atoms with Crippen LogP contribution in [0.1, 0.15) is 65.7 Å². The molecule has 0 saturated carbocycles. The average Bonchev–Trinajstić information content (AvgIpc) is 3.73. The second kappa shape index (κ2) is 10.1. The third kappa shape index (κ3) is 4.19. The molecule has 3 aliphatic heterocycles. The van der Waals surface area contributed by atoms with Gasteiger partial charge in [0.15, 0.2) is 0 Å². The summed E-state index contributed by atoms with van der Waals surface area (Å²) >= 11 is 0. The molecule has 1 spiro atoms. The van der Waals surface area contributed by atoms with Crippen LogP contribution in [0.25, 0.3) is 0 Å². The number of carbonyl (C=O) groups excluding carboxylic acids is 2. The predicted molar refractivity (Wildman–Crippen MR) is 156 cm³/mol. The van der Waals surface area contributed by atoms with Crippen molar-refractivity contribution in [2.24, 2.45) is 13.0 Å². The van der Waals surface area contributed by atoms with Crippen LogP contribution in [0.15, 0.2) is 60.8 Å². The number of anilines is 1. The van der Waals surface area contributed by atoms with Crippen LogP contribution in [0.3, 0.4) is 0 Å². The number of aryl methyl sites for hydroxylation is 2. The normalized spacial score (nSPS) is 21.5. The highest BCUT2D eigenvalue weighted by Gasteiger charge is 2.61. The lowest BCUT2D eigenvalue weighted by atomic mass is 9.72. The molecule has 1 fully saturated rings. The van der Waals surface area contributed by atoms with E-state index in [9.17, 15) is 9.59 Å². The molecule has 3 aliphatic rings. The van der Waals surface area contributed by atoms with Crippen molar-refractivity contribution >= 4 is 17.5 Å². The Kier molecular flexibility index (Phi) is 6.36. The Hall–Kier alpha value is -4.47. The van der Waals surface area contributed by atoms with Crippen LogP contribution in [-0.2, 0) is 36.8 Å². The molecule has 42 heavy (non-hydrogen) atoms. The van der Waals surface area contributed by atoms with Crippen molar-refractivity contribution < 1.29 is 14.3 Å². The second-order valence-electron chi connectivity index (χ2n) is 12.0. The summed E-state index contributed by atoms with van der Waals surface area (Å²) in [6.45, 7) is 6.20. The number of nitrogens with zero attached hydrogens (tertiary/aromatic N) is 7. The molecule has 1 saturated heterocycles. The van der Waals surface area contributed by atoms with Gasteiger partial charge in [-0.05, 0) is 54.2 Å². The third-order valence-electron chi connectivity index (χ3n) is 8.74. The molecule has 2 aromatic carbocycles. The van der Waals surface area contributed by atoms with E-state index in [1.54, 1.807) is 9.36 Å². The maximum absolute atomic E-state index is 14.8. The van der Waals surface area contributed by atoms with Crippen LogP contribution >= 0.6 is 0 Å². The lowest BCUT2D eigenvalue weighted by molar-refractivity contribution is -0.124. The number of amides is 2. The van der Waals surface area contributed by atoms with Gasteiger partial charge in [0, 0.05) is 32.2 Å². The Bertz CT molecular complexity index is 1670. The molecule has 5 heterocycles. The first-order valence-corrected chi connectivity index (χ1v) is 14.7. The molecule has 216 valence electrons. The minimum atomic E-state index is -0.958. The smallest absolute Gasteiger partial charge is 0.272 e. The highest BCUT2D eigenvalue weighted by atomic mass is 16.5. The number of benzene rings is 2. The summed E-state index contributed by atoms with van der Waals surface area (Å²) in [4.78, 5) is 32.9. The summed E-state index contributed by atoms with van der Waals surface area (Å²) in [6, 6.07) is 17.2. The molecule has 0 aliphatic carbocycles. The monoisotopic (exact) mass is 565 g/mol. The van der Waals surface area contributed by atoms with Crippen LogP contribution in [0.2, 0.25) is 0 Å². The van der Waals surface area contributed by atoms with Crippen LogP contribution in [0, 0.1) is 5.92 Å². The molecule has 2 aromatic heterocycles. The van der Waals surface area contributed by atoms with Gasteiger partial charge in [0.2, 0.25) is 5.91 Å². The van der Waals surface area contributed by atoms with Crippen molar-refractivity contribution in [1.29, 1.82) is 0 Å². The first-order chi connectivity index (χ1) is 20.3. The van der Waals surface area contributed by atoms with Gasteiger partial charge in [-0.3, -0.25) is 19.0 Å². The quantitative estimate of drug-likeness (QED) is 0.372. The van der Waals surface area contributed by atoms with Gasteiger partial charge < -0.3 is 14.5 Å². The van der Waals surface area contributed by atoms with E-state index in [1.165, 1.54) is 0 Å². The molecule has 0 radical (unpaired) electrons. The number of rotatable bonds is 3. The van der Waals surface area contributed by atoms with E-state index in [0.717, 1.165) is 41.0 Å². The average molecular weight is 566 g/mol. The lowest BCUT2D eigenvalue weighted by Gasteiger charge is -2.35. The van der Waals surface area contributed by atoms with Crippen molar-refractivity contribution in [1.82, 2.24) is 29.7 Å². The molecule has 10 heteroatoms. The van der Waals surface area contributed by atoms with Crippen molar-refractivity contribution in [2.45, 2.75) is 57.7 Å². The molecule has 7 rings (SSSR count). The van der Waals surface area contributed by atoms with Gasteiger partial charge in [-0.25, -0.2) is 0 Å². The SMILES string of the molecule is CC(C)Cc1cc(C(=O)N2CC[C@]34C(=O)N(Cc5cn(nn5)CCCOc5cccc(c5)[C@H]23)c2ccccc24)n(C)n1. The number of hydrogen-bond donors (Lipinski definition) is 0. The standard InChI is InChI=1S/C32H35N7O3/c1-21(2)16-23-18-28(36(3)34-23)30(40)38-14-12-32-26-10-4-5-11-27(26)39(31(32)41)20-24-19-37(35-33-24)13-7-15-42-25-9-6-8-22(17-25)29(32)38/h4-6,8-11,17-19,21,29H,7,12-16,20H2,1-3H3/t29-,32+/m0/s1. The van der Waals surface area contributed by atoms with Crippen LogP contribution in [0.5, 0.6) is 5.75 Å². The number of para-hydroxylation sites is 1. The van der Waals surface area contributed by atoms with Gasteiger partial charge in [-0.1, -0.05) is 49.4 Å². The van der Waals surface area contributed by atoms with Crippen LogP contribution in [-0.4, -0.2) is 54.6 Å². The van der Waals surface area contributed by atoms with Gasteiger partial charge in [0.05, 0.1) is 31.1 Å². The largest absolute Gasteiger partial charge is 0.494 e. The van der Waals surface area contributed by atoms with E-state index in [-0.39, 0.29) is 11.8 Å². The Morgan fingerprint density at radius 1 is 1.12 bits per heavy atom. The molecule has 2 amide bonds. The maximum Gasteiger partial charge on any atom is 0.272 e. The lowest BCUT2D eigenvalue weighted by Crippen LogP contribution is -2.45. The third-order valence-corrected chi connectivity index (χ3v) is 8.74. The van der Waals surface area contributed by atoms with Gasteiger partial charge in [-0.2, -0.15) is 5.10 Å². The second-order valence-corrected chi connectivity index (χ2v) is 12.0. The first-order valence-electron chi connectivity index (χ1n) is 14.7. The van der Waals surface area contributed by atoms with E-state index in [2.05, 4.69) is 29.3 Å². The minimum Gasteiger partial charge on any atom is -0.494 e. The van der Waals surface area contributed by atoms with Gasteiger partial charge in [0.1, 0.15) is 22.6 Å². The number of ether oxygens (including phenoxy) is 1. The Morgan fingerprint density at radius 2 is 1.98 bits per heavy atom. The van der Waals surface area contributed by atoms with Gasteiger partial charge >= 0.3 is 0 Å². The number of aromatic nitrogens is 5. The number of carbonyl (C=O) groups is 2. The molecular weight excluding hydrogens is 530 g/mol. The zero-order valence-electron chi connectivity index (χ0n) is 24.2. The fourth-order valence-corrected chi connectivity index (χ4v) is 6.99. The Morgan fingerprint density at radius 3 is 2.83 bits per heavy atom. The molecule has 4 aromatic rings. The molecule has 6 bridgehead atoms. The minimum absolute atomic E-state index is 0.0229. The highest BCUT2D eigenvalue weighted by Crippen LogP contribution is 2.57. The van der Waals surface area contributed by atoms with E-state index in [4.69, 9.17) is 4.74 Å². The summed E-state index contributed by atoms with van der Waals surface area (Å²) in [5.41, 5.74) is 3.86. The van der Waals surface area contributed by atoms with Crippen molar-refractivity contribution in [3.05, 3.63) is 89.0 Å². The van der Waals surface area contributed by atoms with E-state index in [0.29, 0.717) is 50.0 Å². The van der Waals surface area contributed by atoms with E-state index in [1.807, 2.05) is 77.6 Å². The predicted octanol–water partition coefficient (Wildman–Crippen LogP) is 4.06. The molecule has 0 N–H and O–H groups in total. The molecule has 2 atom stereocenters. The summed E-state index contributed by atoms with van der Waals surface area (Å²) in [7, 11) is 1.82. The Balaban J connectivity index is 1.38. The summed E-state index contributed by atoms with van der Waals surface area (Å²) in [5.74, 6) is 0.985. The molecular formula is C32H35N7O3. The number of hydrogen-bond acceptors (Lipinski definition) is 6. The first kappa shape index (κ1) is 26.4. The zero-order valence-corrected chi connectivity index (χ0v) is 24.2. The topological polar surface area (TPSA) is 98.4 Å². The van der Waals surface area contributed by atoms with Crippen LogP contribution in [0.4, 0.5) is 5.69 Å². The summed E-state index contributed by atoms with van der Waals surface area (Å²) < 4.78 is 9.64. The fourth-order valence-electron chi connectivity index (χ4n) is 6.99. The Labute approximate surface area is 244 Å². The van der Waals surface area contributed by atoms with Crippen molar-refractivity contribution in [3.8, 4) is 5.75 Å². The maximum atomic E-state index is 14.8. The van der Waals surface area contributed by atoms with Crippen LogP contribution < -0.4 is 9.64 Å². The molecule has 10 nitrogen and oxygen atoms in total. The van der Waals surface area contributed by atoms with Gasteiger partial charge in [0.25, 0.3) is 5.91 Å². The van der Waals surface area contributed by atoms with E-state index >= 15 is 0 Å². The van der Waals surface area contributed by atoms with E-state index < -0.39 is 11.5 Å². The highest BCUT2D eigenvalue weighted by molar-refractivity contribution is 6.10. The fraction of sp³-hybridized carbons (Fsp3) is 0.406. The van der Waals surface area contributed by atoms with Gasteiger partial charge in [-0.15, -0.1) is 5.10 Å². The number of fused-ring (bicyclic) bond motifs is 8. The number of likely N-dealkylation sites (tertiary alicyclic amines) is 1. The molecule has 0 unspecified atom stereocenters. The van der Waals surface area contributed by atoms with Crippen molar-refractivity contribution in [3.63, 3.8) is 0 Å². The van der Waals surface area contributed by atoms with Crippen molar-refractivity contribution in [2.75, 3.05) is 18.1 Å². The summed E-state index contributed by atoms with van der Waals surface area (Å²) in [5, 5.41) is 13.3.